The fourth-order valence-electron chi connectivity index (χ4n) is 1.65. The van der Waals surface area contributed by atoms with E-state index in [1.54, 1.807) is 6.07 Å². The smallest absolute Gasteiger partial charge is 0.318 e. The molecule has 0 atom stereocenters. The molecule has 7 heteroatoms. The van der Waals surface area contributed by atoms with Gasteiger partial charge in [-0.2, -0.15) is 5.10 Å². The van der Waals surface area contributed by atoms with E-state index in [2.05, 4.69) is 10.2 Å². The average molecular weight is 247 g/mol. The summed E-state index contributed by atoms with van der Waals surface area (Å²) in [5, 5.41) is 16.9. The Morgan fingerprint density at radius 3 is 2.72 bits per heavy atom. The minimum absolute atomic E-state index is 0.105. The number of ether oxygens (including phenoxy) is 1. The van der Waals surface area contributed by atoms with Crippen LogP contribution in [0.4, 0.5) is 5.69 Å². The molecule has 1 heterocycles. The molecule has 1 aromatic heterocycles. The molecule has 0 amide bonds. The first-order chi connectivity index (χ1) is 8.65. The topological polar surface area (TPSA) is 98.1 Å². The molecule has 0 unspecified atom stereocenters. The van der Waals surface area contributed by atoms with Crippen molar-refractivity contribution in [2.45, 2.75) is 0 Å². The molecule has 0 aliphatic rings. The molecule has 0 spiro atoms. The number of aromatic nitrogens is 2. The highest BCUT2D eigenvalue weighted by molar-refractivity contribution is 5.76. The van der Waals surface area contributed by atoms with Crippen LogP contribution in [0.2, 0.25) is 0 Å². The van der Waals surface area contributed by atoms with Crippen molar-refractivity contribution in [1.29, 1.82) is 0 Å². The lowest BCUT2D eigenvalue weighted by Gasteiger charge is -2.05. The van der Waals surface area contributed by atoms with Crippen molar-refractivity contribution >= 4 is 5.69 Å². The van der Waals surface area contributed by atoms with Gasteiger partial charge in [-0.25, -0.2) is 5.10 Å². The van der Waals surface area contributed by atoms with E-state index in [9.17, 15) is 14.9 Å². The number of nitro benzene ring substituents is 1. The van der Waals surface area contributed by atoms with Crippen molar-refractivity contribution < 1.29 is 9.66 Å². The normalized spacial score (nSPS) is 10.1. The maximum absolute atomic E-state index is 11.6. The van der Waals surface area contributed by atoms with Crippen LogP contribution in [0.25, 0.3) is 11.1 Å². The number of aromatic amines is 1. The van der Waals surface area contributed by atoms with Gasteiger partial charge in [-0.3, -0.25) is 14.9 Å². The van der Waals surface area contributed by atoms with Crippen LogP contribution in [0.15, 0.2) is 35.3 Å². The van der Waals surface area contributed by atoms with Gasteiger partial charge in [0.2, 0.25) is 0 Å². The first kappa shape index (κ1) is 11.8. The number of methoxy groups -OCH3 is 1. The van der Waals surface area contributed by atoms with Crippen LogP contribution in [-0.4, -0.2) is 22.2 Å². The second-order valence-electron chi connectivity index (χ2n) is 3.41. The van der Waals surface area contributed by atoms with Crippen LogP contribution in [-0.2, 0) is 0 Å². The third-order valence-corrected chi connectivity index (χ3v) is 2.42. The molecule has 0 aliphatic carbocycles. The predicted octanol–water partition coefficient (Wildman–Crippen LogP) is 1.35. The van der Waals surface area contributed by atoms with Gasteiger partial charge in [0.1, 0.15) is 0 Å². The van der Waals surface area contributed by atoms with Crippen molar-refractivity contribution in [3.8, 4) is 16.9 Å². The number of nitro groups is 1. The summed E-state index contributed by atoms with van der Waals surface area (Å²) in [5.74, 6) is 0.105. The van der Waals surface area contributed by atoms with Crippen molar-refractivity contribution in [3.63, 3.8) is 0 Å². The zero-order chi connectivity index (χ0) is 13.1. The number of para-hydroxylation sites is 1. The average Bonchev–Trinajstić information content (AvgIpc) is 2.38. The van der Waals surface area contributed by atoms with E-state index in [1.807, 2.05) is 0 Å². The van der Waals surface area contributed by atoms with E-state index in [0.717, 1.165) is 0 Å². The number of hydrogen-bond donors (Lipinski definition) is 1. The predicted molar refractivity (Wildman–Crippen MR) is 63.5 cm³/mol. The van der Waals surface area contributed by atoms with Gasteiger partial charge in [0.05, 0.1) is 23.2 Å². The van der Waals surface area contributed by atoms with Crippen LogP contribution < -0.4 is 10.3 Å². The lowest BCUT2D eigenvalue weighted by atomic mass is 10.1. The van der Waals surface area contributed by atoms with Gasteiger partial charge in [0, 0.05) is 6.20 Å². The Morgan fingerprint density at radius 1 is 1.33 bits per heavy atom. The maximum atomic E-state index is 11.6. The van der Waals surface area contributed by atoms with Crippen LogP contribution in [0.1, 0.15) is 0 Å². The Labute approximate surface area is 101 Å². The molecule has 0 bridgehead atoms. The molecule has 1 aromatic carbocycles. The third kappa shape index (κ3) is 1.93. The van der Waals surface area contributed by atoms with Gasteiger partial charge in [0.15, 0.2) is 5.75 Å². The van der Waals surface area contributed by atoms with Crippen LogP contribution in [0, 0.1) is 10.1 Å². The molecule has 0 fully saturated rings. The molecule has 18 heavy (non-hydrogen) atoms. The Balaban J connectivity index is 2.76. The number of nitrogens with zero attached hydrogens (tertiary/aromatic N) is 2. The monoisotopic (exact) mass is 247 g/mol. The molecule has 0 radical (unpaired) electrons. The molecule has 2 aromatic rings. The lowest BCUT2D eigenvalue weighted by molar-refractivity contribution is -0.385. The Kier molecular flexibility index (Phi) is 3.05. The van der Waals surface area contributed by atoms with Crippen molar-refractivity contribution in [1.82, 2.24) is 10.2 Å². The Morgan fingerprint density at radius 2 is 2.11 bits per heavy atom. The highest BCUT2D eigenvalue weighted by Gasteiger charge is 2.22. The number of H-pyrrole nitrogens is 1. The zero-order valence-corrected chi connectivity index (χ0v) is 9.41. The summed E-state index contributed by atoms with van der Waals surface area (Å²) in [5.41, 5.74) is -0.357. The van der Waals surface area contributed by atoms with Gasteiger partial charge in [-0.15, -0.1) is 0 Å². The van der Waals surface area contributed by atoms with E-state index in [-0.39, 0.29) is 22.6 Å². The van der Waals surface area contributed by atoms with Gasteiger partial charge in [0.25, 0.3) is 5.56 Å². The molecular formula is C11H9N3O4. The lowest BCUT2D eigenvalue weighted by Crippen LogP contribution is -2.10. The zero-order valence-electron chi connectivity index (χ0n) is 9.41. The SMILES string of the molecule is COc1cccc(-c2ccn[nH]c2=O)c1[N+](=O)[O-]. The van der Waals surface area contributed by atoms with Gasteiger partial charge >= 0.3 is 5.69 Å². The summed E-state index contributed by atoms with van der Waals surface area (Å²) in [6.45, 7) is 0. The molecule has 0 saturated carbocycles. The minimum Gasteiger partial charge on any atom is -0.490 e. The minimum atomic E-state index is -0.575. The molecule has 92 valence electrons. The van der Waals surface area contributed by atoms with Gasteiger partial charge in [-0.1, -0.05) is 6.07 Å². The first-order valence-electron chi connectivity index (χ1n) is 5.00. The van der Waals surface area contributed by atoms with Crippen molar-refractivity contribution in [2.24, 2.45) is 0 Å². The van der Waals surface area contributed by atoms with E-state index < -0.39 is 10.5 Å². The van der Waals surface area contributed by atoms with E-state index in [0.29, 0.717) is 0 Å². The van der Waals surface area contributed by atoms with Gasteiger partial charge in [-0.05, 0) is 18.2 Å². The summed E-state index contributed by atoms with van der Waals surface area (Å²) < 4.78 is 4.94. The third-order valence-electron chi connectivity index (χ3n) is 2.42. The second kappa shape index (κ2) is 4.66. The van der Waals surface area contributed by atoms with Crippen molar-refractivity contribution in [2.75, 3.05) is 7.11 Å². The summed E-state index contributed by atoms with van der Waals surface area (Å²) in [4.78, 5) is 22.1. The Hall–Kier alpha value is -2.70. The Bertz CT molecular complexity index is 651. The molecule has 0 aliphatic heterocycles. The molecule has 1 N–H and O–H groups in total. The summed E-state index contributed by atoms with van der Waals surface area (Å²) >= 11 is 0. The van der Waals surface area contributed by atoms with Crippen molar-refractivity contribution in [3.05, 3.63) is 50.9 Å². The fourth-order valence-corrected chi connectivity index (χ4v) is 1.65. The standard InChI is InChI=1S/C11H9N3O4/c1-18-9-4-2-3-7(10(9)14(16)17)8-5-6-12-13-11(8)15/h2-6H,1H3,(H,13,15). The number of nitrogens with one attached hydrogen (secondary N) is 1. The summed E-state index contributed by atoms with van der Waals surface area (Å²) in [7, 11) is 1.34. The highest BCUT2D eigenvalue weighted by Crippen LogP contribution is 2.35. The molecular weight excluding hydrogens is 238 g/mol. The van der Waals surface area contributed by atoms with Crippen LogP contribution in [0.5, 0.6) is 5.75 Å². The quantitative estimate of drug-likeness (QED) is 0.652. The van der Waals surface area contributed by atoms with E-state index in [4.69, 9.17) is 4.74 Å². The highest BCUT2D eigenvalue weighted by atomic mass is 16.6. The summed E-state index contributed by atoms with van der Waals surface area (Å²) in [6, 6.07) is 5.96. The fraction of sp³-hybridized carbons (Fsp3) is 0.0909. The first-order valence-corrected chi connectivity index (χ1v) is 5.00. The van der Waals surface area contributed by atoms with Crippen LogP contribution in [0.3, 0.4) is 0 Å². The van der Waals surface area contributed by atoms with Crippen LogP contribution >= 0.6 is 0 Å². The van der Waals surface area contributed by atoms with E-state index >= 15 is 0 Å². The summed E-state index contributed by atoms with van der Waals surface area (Å²) in [6.07, 6.45) is 1.36. The largest absolute Gasteiger partial charge is 0.490 e. The number of benzene rings is 1. The molecule has 2 rings (SSSR count). The molecule has 0 saturated heterocycles. The molecule has 7 nitrogen and oxygen atoms in total. The van der Waals surface area contributed by atoms with E-state index in [1.165, 1.54) is 31.5 Å². The number of hydrogen-bond acceptors (Lipinski definition) is 5. The number of rotatable bonds is 3. The maximum Gasteiger partial charge on any atom is 0.318 e. The van der Waals surface area contributed by atoms with Gasteiger partial charge < -0.3 is 4.74 Å². The second-order valence-corrected chi connectivity index (χ2v) is 3.41.